The van der Waals surface area contributed by atoms with Crippen LogP contribution in [0.25, 0.3) is 11.0 Å². The van der Waals surface area contributed by atoms with Gasteiger partial charge in [0.05, 0.1) is 13.1 Å². The number of benzene rings is 1. The quantitative estimate of drug-likeness (QED) is 0.760. The van der Waals surface area contributed by atoms with Gasteiger partial charge in [0.1, 0.15) is 12.1 Å². The summed E-state index contributed by atoms with van der Waals surface area (Å²) in [6.07, 6.45) is 0. The van der Waals surface area contributed by atoms with Crippen LogP contribution < -0.4 is 15.8 Å². The standard InChI is InChI=1S/C16H18N2O3/c1-10-5-13-12(8-18-4-3-17-15(19)9-18)7-16(20)21-14(13)6-11(10)2/h5-7H,3-4,8-9H2,1-2H3,(H,17,19)/p+1. The van der Waals surface area contributed by atoms with Gasteiger partial charge in [0, 0.05) is 17.0 Å². The fourth-order valence-corrected chi connectivity index (χ4v) is 2.81. The van der Waals surface area contributed by atoms with Gasteiger partial charge >= 0.3 is 5.63 Å². The van der Waals surface area contributed by atoms with E-state index in [1.54, 1.807) is 6.07 Å². The fraction of sp³-hybridized carbons (Fsp3) is 0.375. The van der Waals surface area contributed by atoms with Gasteiger partial charge in [-0.1, -0.05) is 0 Å². The van der Waals surface area contributed by atoms with Crippen LogP contribution in [0.2, 0.25) is 0 Å². The summed E-state index contributed by atoms with van der Waals surface area (Å²) in [4.78, 5) is 24.4. The summed E-state index contributed by atoms with van der Waals surface area (Å²) in [5, 5.41) is 3.79. The van der Waals surface area contributed by atoms with Gasteiger partial charge < -0.3 is 14.6 Å². The van der Waals surface area contributed by atoms with E-state index in [2.05, 4.69) is 11.4 Å². The number of rotatable bonds is 2. The largest absolute Gasteiger partial charge is 0.423 e. The fourth-order valence-electron chi connectivity index (χ4n) is 2.81. The van der Waals surface area contributed by atoms with Crippen molar-refractivity contribution in [2.24, 2.45) is 0 Å². The average Bonchev–Trinajstić information content (AvgIpc) is 2.41. The first kappa shape index (κ1) is 13.8. The third-order valence-corrected chi connectivity index (χ3v) is 4.10. The molecule has 2 N–H and O–H groups in total. The molecule has 1 atom stereocenters. The van der Waals surface area contributed by atoms with Crippen LogP contribution >= 0.6 is 0 Å². The Morgan fingerprint density at radius 3 is 2.71 bits per heavy atom. The van der Waals surface area contributed by atoms with Gasteiger partial charge in [-0.25, -0.2) is 4.79 Å². The molecule has 110 valence electrons. The highest BCUT2D eigenvalue weighted by Gasteiger charge is 2.21. The first-order chi connectivity index (χ1) is 10.0. The Hall–Kier alpha value is -2.14. The van der Waals surface area contributed by atoms with E-state index in [1.165, 1.54) is 10.5 Å². The molecule has 1 aliphatic heterocycles. The second-order valence-electron chi connectivity index (χ2n) is 5.73. The number of fused-ring (bicyclic) bond motifs is 1. The van der Waals surface area contributed by atoms with Gasteiger partial charge in [0.15, 0.2) is 6.54 Å². The lowest BCUT2D eigenvalue weighted by Gasteiger charge is -2.23. The Morgan fingerprint density at radius 1 is 1.19 bits per heavy atom. The third kappa shape index (κ3) is 2.83. The molecule has 0 saturated carbocycles. The van der Waals surface area contributed by atoms with Gasteiger partial charge in [-0.05, 0) is 37.1 Å². The number of carbonyl (C=O) groups excluding carboxylic acids is 1. The SMILES string of the molecule is Cc1cc2oc(=O)cc(C[NH+]3CCNC(=O)C3)c2cc1C. The molecule has 1 amide bonds. The van der Waals surface area contributed by atoms with E-state index >= 15 is 0 Å². The van der Waals surface area contributed by atoms with Crippen molar-refractivity contribution in [2.75, 3.05) is 19.6 Å². The van der Waals surface area contributed by atoms with E-state index in [0.717, 1.165) is 23.1 Å². The lowest BCUT2D eigenvalue weighted by Crippen LogP contribution is -3.14. The monoisotopic (exact) mass is 287 g/mol. The van der Waals surface area contributed by atoms with E-state index in [1.807, 2.05) is 19.9 Å². The predicted octanol–water partition coefficient (Wildman–Crippen LogP) is -0.0755. The highest BCUT2D eigenvalue weighted by molar-refractivity contribution is 5.82. The van der Waals surface area contributed by atoms with Gasteiger partial charge in [-0.15, -0.1) is 0 Å². The molecule has 1 saturated heterocycles. The lowest BCUT2D eigenvalue weighted by molar-refractivity contribution is -0.907. The zero-order valence-electron chi connectivity index (χ0n) is 12.3. The minimum Gasteiger partial charge on any atom is -0.423 e. The van der Waals surface area contributed by atoms with E-state index in [9.17, 15) is 9.59 Å². The molecule has 1 aromatic carbocycles. The summed E-state index contributed by atoms with van der Waals surface area (Å²) < 4.78 is 5.30. The van der Waals surface area contributed by atoms with Crippen LogP contribution in [0.15, 0.2) is 27.4 Å². The summed E-state index contributed by atoms with van der Waals surface area (Å²) in [5.41, 5.74) is 3.52. The normalized spacial score (nSPS) is 18.8. The molecule has 2 aromatic rings. The molecule has 3 rings (SSSR count). The number of hydrogen-bond acceptors (Lipinski definition) is 3. The first-order valence-corrected chi connectivity index (χ1v) is 7.17. The molecule has 5 nitrogen and oxygen atoms in total. The van der Waals surface area contributed by atoms with E-state index in [4.69, 9.17) is 4.42 Å². The Morgan fingerprint density at radius 2 is 1.95 bits per heavy atom. The van der Waals surface area contributed by atoms with Crippen molar-refractivity contribution in [3.63, 3.8) is 0 Å². The Labute approximate surface area is 122 Å². The smallest absolute Gasteiger partial charge is 0.336 e. The van der Waals surface area contributed by atoms with E-state index in [-0.39, 0.29) is 11.5 Å². The zero-order valence-corrected chi connectivity index (χ0v) is 12.3. The number of quaternary nitrogens is 1. The van der Waals surface area contributed by atoms with Crippen molar-refractivity contribution in [1.82, 2.24) is 5.32 Å². The minimum atomic E-state index is -0.332. The topological polar surface area (TPSA) is 63.8 Å². The van der Waals surface area contributed by atoms with Crippen LogP contribution in [-0.4, -0.2) is 25.5 Å². The molecular formula is C16H19N2O3+. The van der Waals surface area contributed by atoms with Crippen LogP contribution in [-0.2, 0) is 11.3 Å². The Kier molecular flexibility index (Phi) is 3.51. The van der Waals surface area contributed by atoms with Crippen LogP contribution in [0.1, 0.15) is 16.7 Å². The van der Waals surface area contributed by atoms with Gasteiger partial charge in [0.2, 0.25) is 0 Å². The molecule has 1 aliphatic rings. The molecule has 1 fully saturated rings. The first-order valence-electron chi connectivity index (χ1n) is 7.17. The van der Waals surface area contributed by atoms with Gasteiger partial charge in [-0.3, -0.25) is 4.79 Å². The molecular weight excluding hydrogens is 268 g/mol. The molecule has 0 spiro atoms. The summed E-state index contributed by atoms with van der Waals surface area (Å²) >= 11 is 0. The van der Waals surface area contributed by atoms with Crippen LogP contribution in [0.3, 0.4) is 0 Å². The molecule has 0 radical (unpaired) electrons. The van der Waals surface area contributed by atoms with E-state index in [0.29, 0.717) is 25.2 Å². The van der Waals surface area contributed by atoms with E-state index < -0.39 is 0 Å². The molecule has 1 unspecified atom stereocenters. The second-order valence-corrected chi connectivity index (χ2v) is 5.73. The van der Waals surface area contributed by atoms with Gasteiger partial charge in [-0.2, -0.15) is 0 Å². The van der Waals surface area contributed by atoms with Crippen molar-refractivity contribution in [3.8, 4) is 0 Å². The number of aryl methyl sites for hydroxylation is 2. The number of hydrogen-bond donors (Lipinski definition) is 2. The van der Waals surface area contributed by atoms with Crippen LogP contribution in [0.4, 0.5) is 0 Å². The Balaban J connectivity index is 2.02. The maximum absolute atomic E-state index is 11.8. The van der Waals surface area contributed by atoms with Gasteiger partial charge in [0.25, 0.3) is 5.91 Å². The molecule has 1 aromatic heterocycles. The second kappa shape index (κ2) is 5.33. The van der Waals surface area contributed by atoms with Crippen molar-refractivity contribution >= 4 is 16.9 Å². The Bertz CT molecular complexity index is 764. The maximum atomic E-state index is 11.8. The number of carbonyl (C=O) groups is 1. The third-order valence-electron chi connectivity index (χ3n) is 4.10. The molecule has 21 heavy (non-hydrogen) atoms. The number of amides is 1. The predicted molar refractivity (Wildman–Crippen MR) is 79.4 cm³/mol. The van der Waals surface area contributed by atoms with Crippen LogP contribution in [0.5, 0.6) is 0 Å². The summed E-state index contributed by atoms with van der Waals surface area (Å²) in [7, 11) is 0. The maximum Gasteiger partial charge on any atom is 0.336 e. The summed E-state index contributed by atoms with van der Waals surface area (Å²) in [6, 6.07) is 5.52. The molecule has 0 aliphatic carbocycles. The van der Waals surface area contributed by atoms with Crippen molar-refractivity contribution in [3.05, 3.63) is 45.3 Å². The van der Waals surface area contributed by atoms with Crippen LogP contribution in [0, 0.1) is 13.8 Å². The van der Waals surface area contributed by atoms with Crippen molar-refractivity contribution in [1.29, 1.82) is 0 Å². The highest BCUT2D eigenvalue weighted by Crippen LogP contribution is 2.21. The van der Waals surface area contributed by atoms with Crippen molar-refractivity contribution < 1.29 is 14.1 Å². The van der Waals surface area contributed by atoms with Crippen molar-refractivity contribution in [2.45, 2.75) is 20.4 Å². The molecule has 0 bridgehead atoms. The summed E-state index contributed by atoms with van der Waals surface area (Å²) in [5.74, 6) is 0.0653. The number of piperazine rings is 1. The summed E-state index contributed by atoms with van der Waals surface area (Å²) in [6.45, 7) is 6.72. The molecule has 5 heteroatoms. The zero-order chi connectivity index (χ0) is 15.0. The lowest BCUT2D eigenvalue weighted by atomic mass is 10.0. The minimum absolute atomic E-state index is 0.0653. The highest BCUT2D eigenvalue weighted by atomic mass is 16.4. The average molecular weight is 287 g/mol. The molecule has 2 heterocycles. The number of nitrogens with one attached hydrogen (secondary N) is 2.